The van der Waals surface area contributed by atoms with Crippen molar-refractivity contribution >= 4 is 22.1 Å². The van der Waals surface area contributed by atoms with E-state index in [1.165, 1.54) is 9.87 Å². The number of hydrogen-bond donors (Lipinski definition) is 1. The first-order chi connectivity index (χ1) is 14.4. The molecule has 8 heteroatoms. The highest BCUT2D eigenvalue weighted by Crippen LogP contribution is 2.18. The van der Waals surface area contributed by atoms with Crippen molar-refractivity contribution in [1.29, 1.82) is 0 Å². The molecule has 0 atom stereocenters. The van der Waals surface area contributed by atoms with Crippen LogP contribution in [0, 0.1) is 13.8 Å². The molecule has 160 valence electrons. The SMILES string of the molecule is Cc1ccc(/C=N/NC(=O)CCc2ccc(S(=O)(=O)N3CCOCC3)cc2)c(C)c1. The third kappa shape index (κ3) is 5.75. The standard InChI is InChI=1S/C22H27N3O4S/c1-17-3-7-20(18(2)15-17)16-23-24-22(26)10-6-19-4-8-21(9-5-19)30(27,28)25-11-13-29-14-12-25/h3-5,7-9,15-16H,6,10-14H2,1-2H3,(H,24,26)/b23-16+. The average molecular weight is 430 g/mol. The van der Waals surface area contributed by atoms with Crippen molar-refractivity contribution < 1.29 is 17.9 Å². The van der Waals surface area contributed by atoms with Crippen molar-refractivity contribution in [1.82, 2.24) is 9.73 Å². The number of morpholine rings is 1. The van der Waals surface area contributed by atoms with E-state index < -0.39 is 10.0 Å². The van der Waals surface area contributed by atoms with Crippen molar-refractivity contribution in [2.45, 2.75) is 31.6 Å². The lowest BCUT2D eigenvalue weighted by atomic mass is 10.1. The van der Waals surface area contributed by atoms with Crippen LogP contribution in [0.3, 0.4) is 0 Å². The summed E-state index contributed by atoms with van der Waals surface area (Å²) in [6.07, 6.45) is 2.40. The van der Waals surface area contributed by atoms with Crippen molar-refractivity contribution in [3.8, 4) is 0 Å². The molecule has 0 aromatic heterocycles. The zero-order chi connectivity index (χ0) is 21.6. The van der Waals surface area contributed by atoms with E-state index in [9.17, 15) is 13.2 Å². The van der Waals surface area contributed by atoms with Crippen LogP contribution in [-0.2, 0) is 26.0 Å². The Balaban J connectivity index is 1.50. The van der Waals surface area contributed by atoms with Gasteiger partial charge >= 0.3 is 0 Å². The van der Waals surface area contributed by atoms with E-state index in [4.69, 9.17) is 4.74 Å². The summed E-state index contributed by atoms with van der Waals surface area (Å²) in [6.45, 7) is 5.59. The maximum absolute atomic E-state index is 12.6. The Labute approximate surface area is 177 Å². The highest BCUT2D eigenvalue weighted by molar-refractivity contribution is 7.89. The molecule has 0 bridgehead atoms. The number of amides is 1. The Hall–Kier alpha value is -2.55. The number of nitrogens with zero attached hydrogens (tertiary/aromatic N) is 2. The quantitative estimate of drug-likeness (QED) is 0.541. The average Bonchev–Trinajstić information content (AvgIpc) is 2.75. The van der Waals surface area contributed by atoms with Crippen LogP contribution in [0.25, 0.3) is 0 Å². The fourth-order valence-corrected chi connectivity index (χ4v) is 4.63. The number of hydrogen-bond acceptors (Lipinski definition) is 5. The minimum Gasteiger partial charge on any atom is -0.379 e. The fraction of sp³-hybridized carbons (Fsp3) is 0.364. The van der Waals surface area contributed by atoms with Gasteiger partial charge in [0.2, 0.25) is 15.9 Å². The summed E-state index contributed by atoms with van der Waals surface area (Å²) in [5, 5.41) is 4.02. The second-order valence-corrected chi connectivity index (χ2v) is 9.25. The molecular formula is C22H27N3O4S. The molecule has 1 fully saturated rings. The van der Waals surface area contributed by atoms with Gasteiger partial charge in [0.05, 0.1) is 24.3 Å². The van der Waals surface area contributed by atoms with Gasteiger partial charge in [-0.15, -0.1) is 0 Å². The van der Waals surface area contributed by atoms with Gasteiger partial charge in [-0.25, -0.2) is 13.8 Å². The normalized spacial score (nSPS) is 15.4. The van der Waals surface area contributed by atoms with Gasteiger partial charge in [0.25, 0.3) is 0 Å². The fourth-order valence-electron chi connectivity index (χ4n) is 3.22. The van der Waals surface area contributed by atoms with E-state index in [0.29, 0.717) is 32.7 Å². The molecular weight excluding hydrogens is 402 g/mol. The second kappa shape index (κ2) is 9.97. The molecule has 1 N–H and O–H groups in total. The van der Waals surface area contributed by atoms with Crippen molar-refractivity contribution in [2.24, 2.45) is 5.10 Å². The molecule has 1 amide bonds. The van der Waals surface area contributed by atoms with Crippen LogP contribution >= 0.6 is 0 Å². The molecule has 0 radical (unpaired) electrons. The number of aryl methyl sites for hydroxylation is 3. The summed E-state index contributed by atoms with van der Waals surface area (Å²) in [5.74, 6) is -0.193. The smallest absolute Gasteiger partial charge is 0.243 e. The summed E-state index contributed by atoms with van der Waals surface area (Å²) in [7, 11) is -3.50. The lowest BCUT2D eigenvalue weighted by molar-refractivity contribution is -0.121. The molecule has 1 heterocycles. The number of carbonyl (C=O) groups is 1. The summed E-state index contributed by atoms with van der Waals surface area (Å²) in [4.78, 5) is 12.3. The lowest BCUT2D eigenvalue weighted by Gasteiger charge is -2.26. The van der Waals surface area contributed by atoms with Crippen LogP contribution in [0.15, 0.2) is 52.5 Å². The van der Waals surface area contributed by atoms with Gasteiger partial charge in [0.1, 0.15) is 0 Å². The van der Waals surface area contributed by atoms with Gasteiger partial charge in [-0.05, 0) is 49.1 Å². The Morgan fingerprint density at radius 3 is 2.50 bits per heavy atom. The minimum absolute atomic E-state index is 0.193. The molecule has 0 spiro atoms. The molecule has 30 heavy (non-hydrogen) atoms. The number of nitrogens with one attached hydrogen (secondary N) is 1. The van der Waals surface area contributed by atoms with Gasteiger partial charge in [0, 0.05) is 19.5 Å². The lowest BCUT2D eigenvalue weighted by Crippen LogP contribution is -2.40. The van der Waals surface area contributed by atoms with Gasteiger partial charge in [-0.2, -0.15) is 9.41 Å². The number of carbonyl (C=O) groups excluding carboxylic acids is 1. The molecule has 3 rings (SSSR count). The first kappa shape index (κ1) is 22.1. The van der Waals surface area contributed by atoms with Crippen molar-refractivity contribution in [3.63, 3.8) is 0 Å². The van der Waals surface area contributed by atoms with Crippen LogP contribution in [0.4, 0.5) is 0 Å². The molecule has 1 aliphatic heterocycles. The van der Waals surface area contributed by atoms with Gasteiger partial charge in [-0.1, -0.05) is 35.9 Å². The van der Waals surface area contributed by atoms with Crippen molar-refractivity contribution in [3.05, 3.63) is 64.7 Å². The molecule has 2 aromatic rings. The van der Waals surface area contributed by atoms with Crippen LogP contribution < -0.4 is 5.43 Å². The first-order valence-electron chi connectivity index (χ1n) is 9.92. The molecule has 1 aliphatic rings. The highest BCUT2D eigenvalue weighted by atomic mass is 32.2. The minimum atomic E-state index is -3.50. The maximum atomic E-state index is 12.6. The van der Waals surface area contributed by atoms with Gasteiger partial charge < -0.3 is 4.74 Å². The van der Waals surface area contributed by atoms with Gasteiger partial charge in [-0.3, -0.25) is 4.79 Å². The number of benzene rings is 2. The predicted octanol–water partition coefficient (Wildman–Crippen LogP) is 2.41. The Morgan fingerprint density at radius 1 is 1.13 bits per heavy atom. The van der Waals surface area contributed by atoms with Gasteiger partial charge in [0.15, 0.2) is 0 Å². The predicted molar refractivity (Wildman–Crippen MR) is 116 cm³/mol. The van der Waals surface area contributed by atoms with E-state index in [1.807, 2.05) is 26.0 Å². The second-order valence-electron chi connectivity index (χ2n) is 7.31. The summed E-state index contributed by atoms with van der Waals surface area (Å²) in [6, 6.07) is 12.7. The third-order valence-electron chi connectivity index (χ3n) is 4.99. The van der Waals surface area contributed by atoms with Crippen molar-refractivity contribution in [2.75, 3.05) is 26.3 Å². The molecule has 2 aromatic carbocycles. The topological polar surface area (TPSA) is 88.1 Å². The zero-order valence-electron chi connectivity index (χ0n) is 17.3. The first-order valence-corrected chi connectivity index (χ1v) is 11.4. The molecule has 1 saturated heterocycles. The Kier molecular flexibility index (Phi) is 7.36. The molecule has 0 unspecified atom stereocenters. The number of ether oxygens (including phenoxy) is 1. The number of hydrazone groups is 1. The van der Waals surface area contributed by atoms with E-state index in [0.717, 1.165) is 16.7 Å². The summed E-state index contributed by atoms with van der Waals surface area (Å²) in [5.41, 5.74) is 6.66. The largest absolute Gasteiger partial charge is 0.379 e. The maximum Gasteiger partial charge on any atom is 0.243 e. The summed E-state index contributed by atoms with van der Waals surface area (Å²) >= 11 is 0. The Morgan fingerprint density at radius 2 is 1.83 bits per heavy atom. The molecule has 0 saturated carbocycles. The molecule has 7 nitrogen and oxygen atoms in total. The van der Waals surface area contributed by atoms with E-state index >= 15 is 0 Å². The van der Waals surface area contributed by atoms with Crippen LogP contribution in [0.5, 0.6) is 0 Å². The number of sulfonamides is 1. The van der Waals surface area contributed by atoms with E-state index in [1.54, 1.807) is 30.5 Å². The zero-order valence-corrected chi connectivity index (χ0v) is 18.1. The Bertz CT molecular complexity index is 1010. The summed E-state index contributed by atoms with van der Waals surface area (Å²) < 4.78 is 31.9. The van der Waals surface area contributed by atoms with Crippen LogP contribution in [0.2, 0.25) is 0 Å². The third-order valence-corrected chi connectivity index (χ3v) is 6.90. The monoisotopic (exact) mass is 429 g/mol. The number of rotatable bonds is 7. The van der Waals surface area contributed by atoms with Crippen LogP contribution in [0.1, 0.15) is 28.7 Å². The van der Waals surface area contributed by atoms with Crippen LogP contribution in [-0.4, -0.2) is 51.1 Å². The molecule has 0 aliphatic carbocycles. The highest BCUT2D eigenvalue weighted by Gasteiger charge is 2.26. The van der Waals surface area contributed by atoms with E-state index in [-0.39, 0.29) is 17.2 Å². The van der Waals surface area contributed by atoms with E-state index in [2.05, 4.69) is 16.6 Å².